The van der Waals surface area contributed by atoms with Gasteiger partial charge in [-0.25, -0.2) is 0 Å². The van der Waals surface area contributed by atoms with Crippen LogP contribution in [-0.4, -0.2) is 25.9 Å². The van der Waals surface area contributed by atoms with Crippen molar-refractivity contribution >= 4 is 33.7 Å². The molecule has 17 heavy (non-hydrogen) atoms. The summed E-state index contributed by atoms with van der Waals surface area (Å²) in [6.07, 6.45) is 0.442. The molecule has 0 saturated carbocycles. The van der Waals surface area contributed by atoms with Gasteiger partial charge in [-0.1, -0.05) is 15.9 Å². The van der Waals surface area contributed by atoms with Gasteiger partial charge < -0.3 is 9.47 Å². The van der Waals surface area contributed by atoms with Crippen LogP contribution in [0.1, 0.15) is 12.0 Å². The molecule has 0 aromatic heterocycles. The summed E-state index contributed by atoms with van der Waals surface area (Å²) in [4.78, 5) is 10.9. The fourth-order valence-electron chi connectivity index (χ4n) is 1.30. The summed E-state index contributed by atoms with van der Waals surface area (Å²) in [5.41, 5.74) is 1.12. The van der Waals surface area contributed by atoms with E-state index in [0.29, 0.717) is 6.42 Å². The van der Waals surface area contributed by atoms with Crippen LogP contribution in [0.3, 0.4) is 0 Å². The second kappa shape index (κ2) is 7.61. The predicted molar refractivity (Wildman–Crippen MR) is 73.5 cm³/mol. The van der Waals surface area contributed by atoms with Gasteiger partial charge >= 0.3 is 5.97 Å². The molecule has 0 aliphatic rings. The lowest BCUT2D eigenvalue weighted by atomic mass is 10.2. The zero-order valence-electron chi connectivity index (χ0n) is 9.86. The molecular formula is C12H15BrO3S. The van der Waals surface area contributed by atoms with Gasteiger partial charge in [0.2, 0.25) is 0 Å². The van der Waals surface area contributed by atoms with E-state index in [-0.39, 0.29) is 5.97 Å². The van der Waals surface area contributed by atoms with E-state index >= 15 is 0 Å². The number of ether oxygens (including phenoxy) is 2. The van der Waals surface area contributed by atoms with Gasteiger partial charge in [0.15, 0.2) is 0 Å². The topological polar surface area (TPSA) is 35.5 Å². The highest BCUT2D eigenvalue weighted by Crippen LogP contribution is 2.26. The highest BCUT2D eigenvalue weighted by Gasteiger charge is 2.05. The molecule has 0 heterocycles. The minimum absolute atomic E-state index is 0.168. The largest absolute Gasteiger partial charge is 0.496 e. The van der Waals surface area contributed by atoms with E-state index in [4.69, 9.17) is 4.74 Å². The number of hydrogen-bond acceptors (Lipinski definition) is 4. The number of carbonyl (C=O) groups excluding carboxylic acids is 1. The molecule has 1 aromatic rings. The Morgan fingerprint density at radius 2 is 2.18 bits per heavy atom. The Bertz CT molecular complexity index is 382. The molecule has 0 bridgehead atoms. The van der Waals surface area contributed by atoms with E-state index < -0.39 is 0 Å². The molecule has 0 spiro atoms. The van der Waals surface area contributed by atoms with Crippen LogP contribution < -0.4 is 4.74 Å². The minimum atomic E-state index is -0.168. The van der Waals surface area contributed by atoms with Crippen molar-refractivity contribution in [3.05, 3.63) is 28.2 Å². The van der Waals surface area contributed by atoms with Gasteiger partial charge in [0.05, 0.1) is 20.6 Å². The zero-order valence-corrected chi connectivity index (χ0v) is 12.3. The molecule has 0 saturated heterocycles. The van der Waals surface area contributed by atoms with Gasteiger partial charge in [0, 0.05) is 21.5 Å². The average Bonchev–Trinajstić information content (AvgIpc) is 2.34. The maximum Gasteiger partial charge on any atom is 0.306 e. The molecule has 0 unspecified atom stereocenters. The number of hydrogen-bond donors (Lipinski definition) is 0. The maximum atomic E-state index is 10.9. The second-order valence-corrected chi connectivity index (χ2v) is 5.36. The van der Waals surface area contributed by atoms with E-state index in [1.807, 2.05) is 18.2 Å². The van der Waals surface area contributed by atoms with Crippen molar-refractivity contribution in [3.8, 4) is 5.75 Å². The summed E-state index contributed by atoms with van der Waals surface area (Å²) < 4.78 is 10.9. The maximum absolute atomic E-state index is 10.9. The van der Waals surface area contributed by atoms with Gasteiger partial charge in [0.1, 0.15) is 5.75 Å². The number of esters is 1. The first-order valence-corrected chi connectivity index (χ1v) is 7.09. The van der Waals surface area contributed by atoms with Crippen molar-refractivity contribution in [2.75, 3.05) is 20.0 Å². The van der Waals surface area contributed by atoms with Crippen LogP contribution in [0.25, 0.3) is 0 Å². The van der Waals surface area contributed by atoms with Crippen LogP contribution in [0.15, 0.2) is 22.7 Å². The molecule has 0 radical (unpaired) electrons. The lowest BCUT2D eigenvalue weighted by Gasteiger charge is -2.08. The van der Waals surface area contributed by atoms with E-state index in [1.54, 1.807) is 18.9 Å². The third-order valence-electron chi connectivity index (χ3n) is 2.18. The van der Waals surface area contributed by atoms with E-state index in [9.17, 15) is 4.79 Å². The molecule has 5 heteroatoms. The Morgan fingerprint density at radius 1 is 1.41 bits per heavy atom. The van der Waals surface area contributed by atoms with E-state index in [0.717, 1.165) is 27.3 Å². The molecule has 1 rings (SSSR count). The van der Waals surface area contributed by atoms with Gasteiger partial charge in [-0.2, -0.15) is 11.8 Å². The molecule has 0 aliphatic heterocycles. The summed E-state index contributed by atoms with van der Waals surface area (Å²) in [7, 11) is 3.07. The molecule has 0 aliphatic carbocycles. The van der Waals surface area contributed by atoms with Crippen LogP contribution in [-0.2, 0) is 15.3 Å². The first-order valence-electron chi connectivity index (χ1n) is 5.14. The Kier molecular flexibility index (Phi) is 6.44. The van der Waals surface area contributed by atoms with E-state index in [1.165, 1.54) is 7.11 Å². The van der Waals surface area contributed by atoms with Crippen LogP contribution in [0.2, 0.25) is 0 Å². The van der Waals surface area contributed by atoms with E-state index in [2.05, 4.69) is 20.7 Å². The molecule has 0 N–H and O–H groups in total. The van der Waals surface area contributed by atoms with Crippen molar-refractivity contribution in [1.82, 2.24) is 0 Å². The van der Waals surface area contributed by atoms with Gasteiger partial charge in [-0.05, 0) is 18.2 Å². The molecule has 1 aromatic carbocycles. The number of rotatable bonds is 6. The Labute approximate surface area is 114 Å². The Morgan fingerprint density at radius 3 is 2.82 bits per heavy atom. The number of benzene rings is 1. The van der Waals surface area contributed by atoms with Crippen LogP contribution in [0, 0.1) is 0 Å². The Balaban J connectivity index is 2.45. The van der Waals surface area contributed by atoms with Crippen molar-refractivity contribution in [1.29, 1.82) is 0 Å². The van der Waals surface area contributed by atoms with Crippen molar-refractivity contribution in [3.63, 3.8) is 0 Å². The highest BCUT2D eigenvalue weighted by molar-refractivity contribution is 9.10. The highest BCUT2D eigenvalue weighted by atomic mass is 79.9. The first kappa shape index (κ1) is 14.4. The number of thioether (sulfide) groups is 1. The summed E-state index contributed by atoms with van der Waals surface area (Å²) >= 11 is 5.12. The van der Waals surface area contributed by atoms with Crippen LogP contribution >= 0.6 is 27.7 Å². The number of halogens is 1. The predicted octanol–water partition coefficient (Wildman–Crippen LogP) is 3.25. The molecule has 94 valence electrons. The first-order chi connectivity index (χ1) is 8.17. The molecule has 0 atom stereocenters. The van der Waals surface area contributed by atoms with Crippen molar-refractivity contribution in [2.24, 2.45) is 0 Å². The minimum Gasteiger partial charge on any atom is -0.496 e. The molecule has 0 fully saturated rings. The third kappa shape index (κ3) is 5.00. The molecule has 0 amide bonds. The SMILES string of the molecule is COC(=O)CCSCc1cc(Br)ccc1OC. The van der Waals surface area contributed by atoms with Crippen LogP contribution in [0.4, 0.5) is 0 Å². The molecular weight excluding hydrogens is 304 g/mol. The normalized spacial score (nSPS) is 10.1. The summed E-state index contributed by atoms with van der Waals surface area (Å²) in [5.74, 6) is 2.28. The number of carbonyl (C=O) groups is 1. The van der Waals surface area contributed by atoms with Gasteiger partial charge in [-0.15, -0.1) is 0 Å². The third-order valence-corrected chi connectivity index (χ3v) is 3.68. The zero-order chi connectivity index (χ0) is 12.7. The van der Waals surface area contributed by atoms with Crippen LogP contribution in [0.5, 0.6) is 5.75 Å². The van der Waals surface area contributed by atoms with Gasteiger partial charge in [-0.3, -0.25) is 4.79 Å². The fourth-order valence-corrected chi connectivity index (χ4v) is 2.61. The smallest absolute Gasteiger partial charge is 0.306 e. The quantitative estimate of drug-likeness (QED) is 0.596. The summed E-state index contributed by atoms with van der Waals surface area (Å²) in [6, 6.07) is 5.91. The fraction of sp³-hybridized carbons (Fsp3) is 0.417. The monoisotopic (exact) mass is 318 g/mol. The van der Waals surface area contributed by atoms with Crippen molar-refractivity contribution in [2.45, 2.75) is 12.2 Å². The second-order valence-electron chi connectivity index (χ2n) is 3.33. The van der Waals surface area contributed by atoms with Crippen molar-refractivity contribution < 1.29 is 14.3 Å². The van der Waals surface area contributed by atoms with Gasteiger partial charge in [0.25, 0.3) is 0 Å². The standard InChI is InChI=1S/C12H15BrO3S/c1-15-11-4-3-10(13)7-9(11)8-17-6-5-12(14)16-2/h3-4,7H,5-6,8H2,1-2H3. The molecule has 3 nitrogen and oxygen atoms in total. The summed E-state index contributed by atoms with van der Waals surface area (Å²) in [5, 5.41) is 0. The average molecular weight is 319 g/mol. The lowest BCUT2D eigenvalue weighted by Crippen LogP contribution is -2.01. The lowest BCUT2D eigenvalue weighted by molar-refractivity contribution is -0.140. The number of methoxy groups -OCH3 is 2. The summed E-state index contributed by atoms with van der Waals surface area (Å²) in [6.45, 7) is 0. The Hall–Kier alpha value is -0.680.